The highest BCUT2D eigenvalue weighted by Crippen LogP contribution is 2.46. The lowest BCUT2D eigenvalue weighted by Crippen LogP contribution is -2.58. The first kappa shape index (κ1) is 28.6. The van der Waals surface area contributed by atoms with Crippen LogP contribution in [-0.4, -0.2) is 65.2 Å². The van der Waals surface area contributed by atoms with Gasteiger partial charge in [-0.05, 0) is 87.7 Å². The summed E-state index contributed by atoms with van der Waals surface area (Å²) in [5.74, 6) is 0.951. The number of halogens is 4. The van der Waals surface area contributed by atoms with Gasteiger partial charge in [0.05, 0.1) is 24.1 Å². The molecule has 2 saturated heterocycles. The number of nitrogens with zero attached hydrogens (tertiary/aromatic N) is 5. The molecule has 0 N–H and O–H groups in total. The van der Waals surface area contributed by atoms with Crippen molar-refractivity contribution in [3.8, 4) is 0 Å². The normalized spacial score (nSPS) is 26.2. The molecule has 0 bridgehead atoms. The number of ether oxygens (including phenoxy) is 1. The molecule has 0 radical (unpaired) electrons. The van der Waals surface area contributed by atoms with E-state index in [0.29, 0.717) is 33.4 Å². The Balaban J connectivity index is 1.17. The summed E-state index contributed by atoms with van der Waals surface area (Å²) in [5.41, 5.74) is 1.85. The van der Waals surface area contributed by atoms with Crippen molar-refractivity contribution < 1.29 is 18.3 Å². The van der Waals surface area contributed by atoms with Crippen molar-refractivity contribution in [2.24, 2.45) is 17.3 Å². The standard InChI is InChI=1S/C30H35Cl2F2N5O2/c1-17(23-7-6-20(31)9-25(23)32)39-26-11-21(10-24(28(33)34)27(26)35-36-39)38-15-19(16-38)18-5-4-8-37(14-18)22-12-30(2,13-22)29(40)41-3/h6-7,9-11,17-19,22,28H,4-5,8,12-16H2,1-3H3/t17-,18+,22?,30?/m1/s1. The summed E-state index contributed by atoms with van der Waals surface area (Å²) >= 11 is 12.5. The van der Waals surface area contributed by atoms with Crippen LogP contribution in [0.1, 0.15) is 63.1 Å². The number of rotatable bonds is 7. The van der Waals surface area contributed by atoms with Crippen LogP contribution in [0.2, 0.25) is 10.0 Å². The van der Waals surface area contributed by atoms with Crippen molar-refractivity contribution in [1.29, 1.82) is 0 Å². The average Bonchev–Trinajstić information content (AvgIpc) is 3.33. The highest BCUT2D eigenvalue weighted by atomic mass is 35.5. The Morgan fingerprint density at radius 3 is 2.54 bits per heavy atom. The molecule has 0 spiro atoms. The van der Waals surface area contributed by atoms with Gasteiger partial charge in [0.25, 0.3) is 6.43 Å². The number of methoxy groups -OCH3 is 1. The van der Waals surface area contributed by atoms with E-state index in [2.05, 4.69) is 20.1 Å². The number of hydrogen-bond donors (Lipinski definition) is 0. The minimum Gasteiger partial charge on any atom is -0.469 e. The second-order valence-electron chi connectivity index (χ2n) is 12.3. The molecule has 3 aromatic rings. The van der Waals surface area contributed by atoms with Crippen LogP contribution in [0.5, 0.6) is 0 Å². The van der Waals surface area contributed by atoms with Crippen LogP contribution in [0.4, 0.5) is 14.5 Å². The van der Waals surface area contributed by atoms with Gasteiger partial charge in [0, 0.05) is 47.0 Å². The predicted octanol–water partition coefficient (Wildman–Crippen LogP) is 6.77. The van der Waals surface area contributed by atoms with Gasteiger partial charge in [-0.1, -0.05) is 34.5 Å². The molecule has 7 nitrogen and oxygen atoms in total. The van der Waals surface area contributed by atoms with Crippen molar-refractivity contribution in [2.75, 3.05) is 38.2 Å². The molecule has 1 aliphatic carbocycles. The number of aromatic nitrogens is 3. The number of benzene rings is 2. The topological polar surface area (TPSA) is 63.5 Å². The maximum atomic E-state index is 14.2. The lowest BCUT2D eigenvalue weighted by atomic mass is 9.65. The largest absolute Gasteiger partial charge is 0.469 e. The number of likely N-dealkylation sites (tertiary alicyclic amines) is 1. The SMILES string of the molecule is COC(=O)C1(C)CC(N2CCC[C@H](C3CN(c4cc(C(F)F)c5nnn([C@H](C)c6ccc(Cl)cc6Cl)c5c4)C3)C2)C1. The van der Waals surface area contributed by atoms with Crippen LogP contribution in [0.3, 0.4) is 0 Å². The fourth-order valence-corrected chi connectivity index (χ4v) is 7.65. The molecule has 1 saturated carbocycles. The Morgan fingerprint density at radius 1 is 1.10 bits per heavy atom. The second kappa shape index (κ2) is 11.0. The summed E-state index contributed by atoms with van der Waals surface area (Å²) in [6.07, 6.45) is 1.35. The van der Waals surface area contributed by atoms with Crippen molar-refractivity contribution in [3.63, 3.8) is 0 Å². The molecule has 3 heterocycles. The first-order valence-corrected chi connectivity index (χ1v) is 15.0. The summed E-state index contributed by atoms with van der Waals surface area (Å²) in [4.78, 5) is 16.9. The number of esters is 1. The molecule has 0 unspecified atom stereocenters. The molecule has 11 heteroatoms. The highest BCUT2D eigenvalue weighted by Gasteiger charge is 2.50. The Kier molecular flexibility index (Phi) is 7.66. The zero-order chi connectivity index (χ0) is 29.1. The van der Waals surface area contributed by atoms with E-state index < -0.39 is 6.43 Å². The minimum atomic E-state index is -2.67. The Hall–Kier alpha value is -2.49. The summed E-state index contributed by atoms with van der Waals surface area (Å²) < 4.78 is 35.0. The molecule has 0 amide bonds. The molecule has 2 atom stereocenters. The number of piperidine rings is 1. The second-order valence-corrected chi connectivity index (χ2v) is 13.1. The lowest BCUT2D eigenvalue weighted by Gasteiger charge is -2.53. The quantitative estimate of drug-likeness (QED) is 0.277. The zero-order valence-electron chi connectivity index (χ0n) is 23.5. The van der Waals surface area contributed by atoms with E-state index in [9.17, 15) is 13.6 Å². The third-order valence-corrected chi connectivity index (χ3v) is 10.2. The molecule has 3 fully saturated rings. The third kappa shape index (κ3) is 5.19. The molecule has 2 aliphatic heterocycles. The van der Waals surface area contributed by atoms with E-state index in [1.54, 1.807) is 22.9 Å². The maximum absolute atomic E-state index is 14.2. The summed E-state index contributed by atoms with van der Waals surface area (Å²) in [7, 11) is 1.46. The Bertz CT molecular complexity index is 1450. The van der Waals surface area contributed by atoms with Gasteiger partial charge in [-0.15, -0.1) is 5.10 Å². The fourth-order valence-electron chi connectivity index (χ4n) is 7.09. The van der Waals surface area contributed by atoms with Gasteiger partial charge in [-0.3, -0.25) is 4.79 Å². The van der Waals surface area contributed by atoms with Gasteiger partial charge in [0.15, 0.2) is 0 Å². The van der Waals surface area contributed by atoms with Crippen LogP contribution >= 0.6 is 23.2 Å². The van der Waals surface area contributed by atoms with Gasteiger partial charge in [-0.2, -0.15) is 0 Å². The van der Waals surface area contributed by atoms with E-state index in [4.69, 9.17) is 27.9 Å². The Labute approximate surface area is 248 Å². The average molecular weight is 607 g/mol. The van der Waals surface area contributed by atoms with Crippen LogP contribution in [-0.2, 0) is 9.53 Å². The molecular formula is C30H35Cl2F2N5O2. The van der Waals surface area contributed by atoms with Gasteiger partial charge in [0.1, 0.15) is 5.52 Å². The summed E-state index contributed by atoms with van der Waals surface area (Å²) in [5, 5.41) is 9.42. The molecule has 1 aromatic heterocycles. The first-order chi connectivity index (χ1) is 19.6. The minimum absolute atomic E-state index is 0.107. The molecule has 220 valence electrons. The molecule has 41 heavy (non-hydrogen) atoms. The first-order valence-electron chi connectivity index (χ1n) is 14.3. The zero-order valence-corrected chi connectivity index (χ0v) is 25.0. The summed E-state index contributed by atoms with van der Waals surface area (Å²) in [6, 6.07) is 8.84. The van der Waals surface area contributed by atoms with Crippen molar-refractivity contribution in [1.82, 2.24) is 19.9 Å². The van der Waals surface area contributed by atoms with Crippen LogP contribution < -0.4 is 4.90 Å². The number of alkyl halides is 2. The molecule has 2 aromatic carbocycles. The van der Waals surface area contributed by atoms with Gasteiger partial charge < -0.3 is 14.5 Å². The number of carbonyl (C=O) groups is 1. The molecule has 3 aliphatic rings. The number of fused-ring (bicyclic) bond motifs is 1. The maximum Gasteiger partial charge on any atom is 0.311 e. The van der Waals surface area contributed by atoms with E-state index >= 15 is 0 Å². The van der Waals surface area contributed by atoms with Gasteiger partial charge >= 0.3 is 5.97 Å². The molecule has 6 rings (SSSR count). The number of anilines is 1. The lowest BCUT2D eigenvalue weighted by molar-refractivity contribution is -0.162. The smallest absolute Gasteiger partial charge is 0.311 e. The van der Waals surface area contributed by atoms with E-state index in [1.165, 1.54) is 13.5 Å². The molecular weight excluding hydrogens is 571 g/mol. The van der Waals surface area contributed by atoms with E-state index in [0.717, 1.165) is 56.7 Å². The predicted molar refractivity (Wildman–Crippen MR) is 156 cm³/mol. The number of hydrogen-bond acceptors (Lipinski definition) is 6. The van der Waals surface area contributed by atoms with Gasteiger partial charge in [-0.25, -0.2) is 13.5 Å². The Morgan fingerprint density at radius 2 is 1.85 bits per heavy atom. The fraction of sp³-hybridized carbons (Fsp3) is 0.567. The summed E-state index contributed by atoms with van der Waals surface area (Å²) in [6.45, 7) is 7.67. The van der Waals surface area contributed by atoms with Crippen molar-refractivity contribution in [2.45, 2.75) is 58.0 Å². The van der Waals surface area contributed by atoms with Crippen molar-refractivity contribution in [3.05, 3.63) is 51.5 Å². The van der Waals surface area contributed by atoms with Gasteiger partial charge in [0.2, 0.25) is 0 Å². The van der Waals surface area contributed by atoms with Crippen LogP contribution in [0.15, 0.2) is 30.3 Å². The number of carbonyl (C=O) groups excluding carboxylic acids is 1. The van der Waals surface area contributed by atoms with E-state index in [-0.39, 0.29) is 28.5 Å². The third-order valence-electron chi connectivity index (χ3n) is 9.60. The van der Waals surface area contributed by atoms with Crippen LogP contribution in [0, 0.1) is 17.3 Å². The van der Waals surface area contributed by atoms with Crippen molar-refractivity contribution >= 4 is 45.9 Å². The van der Waals surface area contributed by atoms with E-state index in [1.807, 2.05) is 26.0 Å². The monoisotopic (exact) mass is 605 g/mol. The van der Waals surface area contributed by atoms with Crippen LogP contribution in [0.25, 0.3) is 11.0 Å². The highest BCUT2D eigenvalue weighted by molar-refractivity contribution is 6.35.